The summed E-state index contributed by atoms with van der Waals surface area (Å²) in [6.07, 6.45) is 6.11. The zero-order valence-corrected chi connectivity index (χ0v) is 8.58. The molecule has 1 atom stereocenters. The van der Waals surface area contributed by atoms with Gasteiger partial charge in [0.15, 0.2) is 0 Å². The number of nitrogens with zero attached hydrogens (tertiary/aromatic N) is 2. The molecule has 2 rings (SSSR count). The lowest BCUT2D eigenvalue weighted by Gasteiger charge is -2.19. The fourth-order valence-electron chi connectivity index (χ4n) is 1.57. The molecular formula is C8H12BrN3. The van der Waals surface area contributed by atoms with Gasteiger partial charge in [0, 0.05) is 12.2 Å². The van der Waals surface area contributed by atoms with Crippen LogP contribution in [0.5, 0.6) is 0 Å². The van der Waals surface area contributed by atoms with Crippen molar-refractivity contribution in [2.45, 2.75) is 31.3 Å². The lowest BCUT2D eigenvalue weighted by Crippen LogP contribution is -2.36. The Morgan fingerprint density at radius 1 is 1.75 bits per heavy atom. The quantitative estimate of drug-likeness (QED) is 0.836. The smallest absolute Gasteiger partial charge is 0.0777 e. The highest BCUT2D eigenvalue weighted by atomic mass is 79.9. The maximum Gasteiger partial charge on any atom is 0.0777 e. The summed E-state index contributed by atoms with van der Waals surface area (Å²) in [5.41, 5.74) is 6.01. The average molecular weight is 230 g/mol. The van der Waals surface area contributed by atoms with Gasteiger partial charge in [-0.2, -0.15) is 5.10 Å². The summed E-state index contributed by atoms with van der Waals surface area (Å²) in [6, 6.07) is 0.185. The van der Waals surface area contributed by atoms with Gasteiger partial charge in [-0.3, -0.25) is 4.68 Å². The molecular weight excluding hydrogens is 218 g/mol. The van der Waals surface area contributed by atoms with Crippen molar-refractivity contribution in [1.29, 1.82) is 0 Å². The Hall–Kier alpha value is -0.350. The van der Waals surface area contributed by atoms with Crippen LogP contribution in [-0.4, -0.2) is 15.8 Å². The summed E-state index contributed by atoms with van der Waals surface area (Å²) in [5.74, 6) is 0. The first-order valence-corrected chi connectivity index (χ1v) is 4.91. The predicted molar refractivity (Wildman–Crippen MR) is 50.8 cm³/mol. The van der Waals surface area contributed by atoms with E-state index < -0.39 is 0 Å². The van der Waals surface area contributed by atoms with E-state index in [0.29, 0.717) is 0 Å². The Balaban J connectivity index is 2.30. The first-order valence-electron chi connectivity index (χ1n) is 4.11. The molecule has 0 amide bonds. The van der Waals surface area contributed by atoms with E-state index >= 15 is 0 Å². The molecule has 66 valence electrons. The van der Waals surface area contributed by atoms with Crippen LogP contribution in [0.3, 0.4) is 0 Å². The number of aromatic nitrogens is 2. The molecule has 1 unspecified atom stereocenters. The van der Waals surface area contributed by atoms with Gasteiger partial charge in [-0.05, 0) is 35.7 Å². The third-order valence-electron chi connectivity index (χ3n) is 2.62. The van der Waals surface area contributed by atoms with Gasteiger partial charge < -0.3 is 5.73 Å². The Morgan fingerprint density at radius 3 is 2.75 bits per heavy atom. The van der Waals surface area contributed by atoms with E-state index in [9.17, 15) is 0 Å². The Kier molecular flexibility index (Phi) is 1.77. The summed E-state index contributed by atoms with van der Waals surface area (Å²) < 4.78 is 3.01. The van der Waals surface area contributed by atoms with Crippen LogP contribution in [0, 0.1) is 0 Å². The van der Waals surface area contributed by atoms with Crippen LogP contribution < -0.4 is 5.73 Å². The van der Waals surface area contributed by atoms with Crippen molar-refractivity contribution in [3.05, 3.63) is 16.9 Å². The van der Waals surface area contributed by atoms with Gasteiger partial charge in [-0.15, -0.1) is 0 Å². The number of halogens is 1. The van der Waals surface area contributed by atoms with Crippen LogP contribution in [0.1, 0.15) is 19.8 Å². The van der Waals surface area contributed by atoms with Gasteiger partial charge in [-0.1, -0.05) is 0 Å². The first kappa shape index (κ1) is 8.26. The van der Waals surface area contributed by atoms with E-state index in [0.717, 1.165) is 17.3 Å². The molecule has 1 aromatic rings. The molecule has 0 spiro atoms. The number of hydrogen-bond acceptors (Lipinski definition) is 2. The second kappa shape index (κ2) is 2.57. The Morgan fingerprint density at radius 2 is 2.42 bits per heavy atom. The Labute approximate surface area is 80.1 Å². The van der Waals surface area contributed by atoms with Gasteiger partial charge >= 0.3 is 0 Å². The monoisotopic (exact) mass is 229 g/mol. The lowest BCUT2D eigenvalue weighted by molar-refractivity contribution is 0.369. The van der Waals surface area contributed by atoms with Gasteiger partial charge in [0.05, 0.1) is 16.2 Å². The molecule has 0 aromatic carbocycles. The van der Waals surface area contributed by atoms with Gasteiger partial charge in [0.1, 0.15) is 0 Å². The molecule has 4 heteroatoms. The van der Waals surface area contributed by atoms with E-state index in [-0.39, 0.29) is 11.6 Å². The van der Waals surface area contributed by atoms with Crippen molar-refractivity contribution in [2.24, 2.45) is 5.73 Å². The fourth-order valence-corrected chi connectivity index (χ4v) is 1.85. The maximum atomic E-state index is 5.90. The molecule has 0 saturated heterocycles. The number of hydrogen-bond donors (Lipinski definition) is 1. The fraction of sp³-hybridized carbons (Fsp3) is 0.625. The largest absolute Gasteiger partial charge is 0.326 e. The summed E-state index contributed by atoms with van der Waals surface area (Å²) in [4.78, 5) is 0. The van der Waals surface area contributed by atoms with Crippen molar-refractivity contribution in [3.63, 3.8) is 0 Å². The van der Waals surface area contributed by atoms with Crippen LogP contribution in [0.4, 0.5) is 0 Å². The summed E-state index contributed by atoms with van der Waals surface area (Å²) in [6.45, 7) is 2.04. The molecule has 0 bridgehead atoms. The van der Waals surface area contributed by atoms with Crippen LogP contribution in [0.25, 0.3) is 0 Å². The topological polar surface area (TPSA) is 43.8 Å². The second-order valence-electron chi connectivity index (χ2n) is 3.50. The van der Waals surface area contributed by atoms with Crippen molar-refractivity contribution in [2.75, 3.05) is 0 Å². The van der Waals surface area contributed by atoms with Gasteiger partial charge in [-0.25, -0.2) is 0 Å². The molecule has 1 saturated carbocycles. The van der Waals surface area contributed by atoms with Crippen LogP contribution >= 0.6 is 15.9 Å². The average Bonchev–Trinajstić information content (AvgIpc) is 2.71. The minimum absolute atomic E-state index is 0.117. The highest BCUT2D eigenvalue weighted by Crippen LogP contribution is 2.45. The van der Waals surface area contributed by atoms with Gasteiger partial charge in [0.25, 0.3) is 0 Å². The highest BCUT2D eigenvalue weighted by molar-refractivity contribution is 9.10. The number of rotatable bonds is 2. The van der Waals surface area contributed by atoms with E-state index in [1.54, 1.807) is 0 Å². The number of nitrogens with two attached hydrogens (primary N) is 1. The van der Waals surface area contributed by atoms with Gasteiger partial charge in [0.2, 0.25) is 0 Å². The zero-order valence-electron chi connectivity index (χ0n) is 7.00. The molecule has 1 aliphatic rings. The van der Waals surface area contributed by atoms with Crippen LogP contribution in [0.15, 0.2) is 16.9 Å². The minimum Gasteiger partial charge on any atom is -0.326 e. The van der Waals surface area contributed by atoms with Crippen molar-refractivity contribution in [3.8, 4) is 0 Å². The molecule has 1 aliphatic carbocycles. The van der Waals surface area contributed by atoms with E-state index in [4.69, 9.17) is 5.73 Å². The van der Waals surface area contributed by atoms with Crippen molar-refractivity contribution >= 4 is 15.9 Å². The molecule has 1 fully saturated rings. The summed E-state index contributed by atoms with van der Waals surface area (Å²) in [7, 11) is 0. The molecule has 1 heterocycles. The summed E-state index contributed by atoms with van der Waals surface area (Å²) >= 11 is 3.38. The zero-order chi connectivity index (χ0) is 8.77. The van der Waals surface area contributed by atoms with Crippen molar-refractivity contribution in [1.82, 2.24) is 9.78 Å². The van der Waals surface area contributed by atoms with Crippen molar-refractivity contribution < 1.29 is 0 Å². The van der Waals surface area contributed by atoms with Crippen LogP contribution in [0.2, 0.25) is 0 Å². The third kappa shape index (κ3) is 1.10. The first-order chi connectivity index (χ1) is 5.65. The normalized spacial score (nSPS) is 22.2. The molecule has 0 aliphatic heterocycles. The standard InChI is InChI=1S/C8H12BrN3/c1-6(10)8(2-3-8)12-5-7(9)4-11-12/h4-6H,2-3,10H2,1H3. The third-order valence-corrected chi connectivity index (χ3v) is 3.03. The SMILES string of the molecule is CC(N)C1(n2cc(Br)cn2)CC1. The Bertz CT molecular complexity index is 288. The van der Waals surface area contributed by atoms with E-state index in [1.165, 1.54) is 0 Å². The van der Waals surface area contributed by atoms with Crippen LogP contribution in [-0.2, 0) is 5.54 Å². The summed E-state index contributed by atoms with van der Waals surface area (Å²) in [5, 5.41) is 4.26. The molecule has 3 nitrogen and oxygen atoms in total. The molecule has 0 radical (unpaired) electrons. The predicted octanol–water partition coefficient (Wildman–Crippen LogP) is 1.48. The second-order valence-corrected chi connectivity index (χ2v) is 4.41. The van der Waals surface area contributed by atoms with E-state index in [1.807, 2.05) is 24.0 Å². The minimum atomic E-state index is 0.117. The highest BCUT2D eigenvalue weighted by Gasteiger charge is 2.48. The molecule has 1 aromatic heterocycles. The molecule has 12 heavy (non-hydrogen) atoms. The maximum absolute atomic E-state index is 5.90. The lowest BCUT2D eigenvalue weighted by atomic mass is 10.1. The van der Waals surface area contributed by atoms with E-state index in [2.05, 4.69) is 21.0 Å². The molecule has 2 N–H and O–H groups in total.